The summed E-state index contributed by atoms with van der Waals surface area (Å²) in [5.41, 5.74) is 5.99. The fourth-order valence-corrected chi connectivity index (χ4v) is 6.58. The molecule has 2 aromatic heterocycles. The molecule has 1 atom stereocenters. The number of aliphatic imine (C=N–C) groups is 1. The van der Waals surface area contributed by atoms with E-state index in [1.165, 1.54) is 31.3 Å². The van der Waals surface area contributed by atoms with Gasteiger partial charge < -0.3 is 20.7 Å². The van der Waals surface area contributed by atoms with Gasteiger partial charge in [0.2, 0.25) is 0 Å². The quantitative estimate of drug-likeness (QED) is 0.324. The largest absolute Gasteiger partial charge is 0.490 e. The number of amides is 1. The van der Waals surface area contributed by atoms with E-state index in [4.69, 9.17) is 15.5 Å². The topological polar surface area (TPSA) is 152 Å². The Bertz CT molecular complexity index is 1480. The number of carbonyl (C=O) groups excluding carboxylic acids is 1. The van der Waals surface area contributed by atoms with Crippen LogP contribution in [-0.4, -0.2) is 55.7 Å². The van der Waals surface area contributed by atoms with Crippen LogP contribution in [0.5, 0.6) is 0 Å². The minimum absolute atomic E-state index is 0.149. The van der Waals surface area contributed by atoms with Crippen molar-refractivity contribution in [3.63, 3.8) is 0 Å². The third-order valence-electron chi connectivity index (χ3n) is 8.46. The maximum Gasteiger partial charge on any atom is 0.281 e. The van der Waals surface area contributed by atoms with Gasteiger partial charge in [0.1, 0.15) is 11.6 Å². The summed E-state index contributed by atoms with van der Waals surface area (Å²) in [5.74, 6) is 1.25. The standard InChI is InChI=1S/C30H41N7O4S/c1-29(2)17-21-7-4-5-15-32-24-8-6-9-26(34-24)42(39,40)36-28(38)23-10-11-25(35-27(23)37(29)20-21)33-19-22(18-31)41-16-14-30(3)12-13-30/h6,8-11,18-19,21H,4-5,7,12-17,20,31H2,1-3H3,(H,32,34)(H,36,38). The molecule has 0 aromatic carbocycles. The second-order valence-corrected chi connectivity index (χ2v) is 14.1. The van der Waals surface area contributed by atoms with Crippen molar-refractivity contribution in [2.24, 2.45) is 22.1 Å². The zero-order chi connectivity index (χ0) is 30.0. The number of fused-ring (bicyclic) bond motifs is 6. The first kappa shape index (κ1) is 29.8. The predicted octanol–water partition coefficient (Wildman–Crippen LogP) is 4.51. The number of aromatic nitrogens is 2. The highest BCUT2D eigenvalue weighted by Crippen LogP contribution is 2.48. The lowest BCUT2D eigenvalue weighted by atomic mass is 9.93. The first-order valence-electron chi connectivity index (χ1n) is 14.6. The molecule has 4 N–H and O–H groups in total. The van der Waals surface area contributed by atoms with Gasteiger partial charge in [0, 0.05) is 24.8 Å². The molecule has 11 nitrogen and oxygen atoms in total. The molecule has 2 aliphatic heterocycles. The van der Waals surface area contributed by atoms with Crippen molar-refractivity contribution in [1.82, 2.24) is 14.7 Å². The monoisotopic (exact) mass is 595 g/mol. The second-order valence-electron chi connectivity index (χ2n) is 12.5. The van der Waals surface area contributed by atoms with Crippen molar-refractivity contribution in [2.45, 2.75) is 76.3 Å². The van der Waals surface area contributed by atoms with Crippen LogP contribution in [-0.2, 0) is 14.8 Å². The fraction of sp³-hybridized carbons (Fsp3) is 0.533. The second kappa shape index (κ2) is 11.9. The summed E-state index contributed by atoms with van der Waals surface area (Å²) in [7, 11) is -4.24. The molecule has 1 unspecified atom stereocenters. The van der Waals surface area contributed by atoms with E-state index in [1.807, 2.05) is 0 Å². The Kier molecular flexibility index (Phi) is 8.45. The van der Waals surface area contributed by atoms with Crippen LogP contribution in [0.1, 0.15) is 76.1 Å². The number of nitrogens with one attached hydrogen (secondary N) is 2. The number of anilines is 2. The van der Waals surface area contributed by atoms with Crippen molar-refractivity contribution in [3.8, 4) is 0 Å². The van der Waals surface area contributed by atoms with Gasteiger partial charge in [0.25, 0.3) is 15.9 Å². The summed E-state index contributed by atoms with van der Waals surface area (Å²) < 4.78 is 34.4. The Labute approximate surface area is 248 Å². The summed E-state index contributed by atoms with van der Waals surface area (Å²) in [6.45, 7) is 8.42. The van der Waals surface area contributed by atoms with Gasteiger partial charge in [0.15, 0.2) is 16.6 Å². The number of nitrogens with zero attached hydrogens (tertiary/aromatic N) is 4. The Hall–Kier alpha value is -3.67. The molecule has 12 heteroatoms. The summed E-state index contributed by atoms with van der Waals surface area (Å²) in [6, 6.07) is 7.84. The maximum absolute atomic E-state index is 13.5. The van der Waals surface area contributed by atoms with Crippen LogP contribution in [0.4, 0.5) is 17.5 Å². The molecule has 3 aliphatic rings. The van der Waals surface area contributed by atoms with Crippen LogP contribution in [0.3, 0.4) is 0 Å². The highest BCUT2D eigenvalue weighted by molar-refractivity contribution is 7.90. The number of rotatable bonds is 6. The van der Waals surface area contributed by atoms with E-state index in [-0.39, 0.29) is 16.1 Å². The first-order chi connectivity index (χ1) is 20.0. The Balaban J connectivity index is 1.46. The lowest BCUT2D eigenvalue weighted by Crippen LogP contribution is -2.41. The predicted molar refractivity (Wildman–Crippen MR) is 163 cm³/mol. The zero-order valence-corrected chi connectivity index (χ0v) is 25.4. The van der Waals surface area contributed by atoms with Crippen LogP contribution in [0.2, 0.25) is 0 Å². The van der Waals surface area contributed by atoms with Gasteiger partial charge in [-0.2, -0.15) is 8.42 Å². The van der Waals surface area contributed by atoms with Crippen LogP contribution in [0.25, 0.3) is 0 Å². The molecular formula is C30H41N7O4S. The normalized spacial score (nSPS) is 23.1. The number of hydrogen-bond donors (Lipinski definition) is 3. The molecule has 1 saturated carbocycles. The Morgan fingerprint density at radius 2 is 2.00 bits per heavy atom. The van der Waals surface area contributed by atoms with Gasteiger partial charge >= 0.3 is 0 Å². The maximum atomic E-state index is 13.5. The molecule has 2 aromatic rings. The summed E-state index contributed by atoms with van der Waals surface area (Å²) in [6.07, 6.45) is 10.2. The molecule has 226 valence electrons. The SMILES string of the molecule is CC1(CCOC(C=Nc2ccc3c(n2)N2CC(CCCCNc4cccc(n4)S(=O)(=O)NC3=O)CC2(C)C)=CN)CC1. The number of allylic oxidation sites excluding steroid dienone is 1. The van der Waals surface area contributed by atoms with E-state index in [0.717, 1.165) is 32.1 Å². The average Bonchev–Trinajstić information content (AvgIpc) is 3.60. The van der Waals surface area contributed by atoms with E-state index in [2.05, 4.69) is 45.7 Å². The van der Waals surface area contributed by atoms with Gasteiger partial charge in [-0.15, -0.1) is 0 Å². The van der Waals surface area contributed by atoms with Crippen molar-refractivity contribution in [2.75, 3.05) is 29.9 Å². The van der Waals surface area contributed by atoms with Gasteiger partial charge in [0.05, 0.1) is 18.4 Å². The van der Waals surface area contributed by atoms with Crippen LogP contribution in [0.15, 0.2) is 52.3 Å². The van der Waals surface area contributed by atoms with Crippen LogP contribution >= 0.6 is 0 Å². The smallest absolute Gasteiger partial charge is 0.281 e. The molecule has 2 fully saturated rings. The molecule has 0 radical (unpaired) electrons. The molecule has 5 rings (SSSR count). The Morgan fingerprint density at radius 1 is 1.19 bits per heavy atom. The van der Waals surface area contributed by atoms with Crippen LogP contribution in [0, 0.1) is 11.3 Å². The third kappa shape index (κ3) is 7.03. The minimum Gasteiger partial charge on any atom is -0.490 e. The van der Waals surface area contributed by atoms with Gasteiger partial charge in [-0.3, -0.25) is 4.79 Å². The number of ether oxygens (including phenoxy) is 1. The van der Waals surface area contributed by atoms with Crippen molar-refractivity contribution in [3.05, 3.63) is 47.9 Å². The van der Waals surface area contributed by atoms with Gasteiger partial charge in [-0.25, -0.2) is 19.7 Å². The molecular weight excluding hydrogens is 554 g/mol. The number of nitrogens with two attached hydrogens (primary N) is 1. The zero-order valence-electron chi connectivity index (χ0n) is 24.6. The molecule has 4 heterocycles. The van der Waals surface area contributed by atoms with E-state index >= 15 is 0 Å². The molecule has 4 bridgehead atoms. The number of hydrogen-bond acceptors (Lipinski definition) is 10. The minimum atomic E-state index is -4.24. The molecule has 42 heavy (non-hydrogen) atoms. The molecule has 1 saturated heterocycles. The lowest BCUT2D eigenvalue weighted by Gasteiger charge is -2.33. The number of carbonyl (C=O) groups is 1. The highest BCUT2D eigenvalue weighted by atomic mass is 32.2. The fourth-order valence-electron chi connectivity index (χ4n) is 5.65. The number of pyridine rings is 2. The van der Waals surface area contributed by atoms with E-state index in [1.54, 1.807) is 24.3 Å². The molecule has 0 spiro atoms. The van der Waals surface area contributed by atoms with Gasteiger partial charge in [-0.05, 0) is 88.0 Å². The van der Waals surface area contributed by atoms with E-state index in [9.17, 15) is 13.2 Å². The van der Waals surface area contributed by atoms with Gasteiger partial charge in [-0.1, -0.05) is 19.4 Å². The summed E-state index contributed by atoms with van der Waals surface area (Å²) in [5, 5.41) is 2.96. The van der Waals surface area contributed by atoms with Crippen molar-refractivity contribution in [1.29, 1.82) is 0 Å². The van der Waals surface area contributed by atoms with Crippen molar-refractivity contribution < 1.29 is 17.9 Å². The highest BCUT2D eigenvalue weighted by Gasteiger charge is 2.41. The summed E-state index contributed by atoms with van der Waals surface area (Å²) in [4.78, 5) is 29.1. The lowest BCUT2D eigenvalue weighted by molar-refractivity contribution is 0.0981. The average molecular weight is 596 g/mol. The van der Waals surface area contributed by atoms with Crippen LogP contribution < -0.4 is 20.7 Å². The number of sulfonamides is 1. The summed E-state index contributed by atoms with van der Waals surface area (Å²) >= 11 is 0. The van der Waals surface area contributed by atoms with E-state index in [0.29, 0.717) is 54.2 Å². The third-order valence-corrected chi connectivity index (χ3v) is 9.69. The van der Waals surface area contributed by atoms with E-state index < -0.39 is 15.9 Å². The first-order valence-corrected chi connectivity index (χ1v) is 16.1. The van der Waals surface area contributed by atoms with Crippen molar-refractivity contribution >= 4 is 39.6 Å². The molecule has 1 aliphatic carbocycles. The molecule has 1 amide bonds. The Morgan fingerprint density at radius 3 is 2.76 bits per heavy atom.